The van der Waals surface area contributed by atoms with Crippen molar-refractivity contribution in [2.75, 3.05) is 0 Å². The number of carbonyl (C=O) groups is 1. The van der Waals surface area contributed by atoms with E-state index in [1.54, 1.807) is 23.0 Å². The van der Waals surface area contributed by atoms with Crippen LogP contribution in [0, 0.1) is 5.92 Å². The molecule has 0 bridgehead atoms. The number of nitrogens with one attached hydrogen (secondary N) is 1. The van der Waals surface area contributed by atoms with Gasteiger partial charge in [0.2, 0.25) is 0 Å². The zero-order valence-corrected chi connectivity index (χ0v) is 12.8. The van der Waals surface area contributed by atoms with Crippen molar-refractivity contribution in [3.05, 3.63) is 52.5 Å². The summed E-state index contributed by atoms with van der Waals surface area (Å²) in [5, 5.41) is 3.03. The minimum absolute atomic E-state index is 0.0962. The monoisotopic (exact) mass is 300 g/mol. The number of imidazole rings is 1. The van der Waals surface area contributed by atoms with Gasteiger partial charge in [-0.05, 0) is 31.7 Å². The molecule has 6 heteroatoms. The fraction of sp³-hybridized carbons (Fsp3) is 0.438. The van der Waals surface area contributed by atoms with Crippen LogP contribution in [0.15, 0.2) is 35.5 Å². The first-order valence-electron chi connectivity index (χ1n) is 7.58. The summed E-state index contributed by atoms with van der Waals surface area (Å²) in [6, 6.07) is 2.98. The number of carbonyl (C=O) groups excluding carboxylic acids is 1. The normalized spacial score (nSPS) is 15.5. The molecule has 1 aliphatic rings. The van der Waals surface area contributed by atoms with E-state index in [1.807, 2.05) is 24.7 Å². The molecule has 0 saturated heterocycles. The SMILES string of the molecule is CCn1ccc(C(=O)N[C@H](c2nccn2C)C2CC2)cc1=O. The van der Waals surface area contributed by atoms with Crippen LogP contribution in [0.2, 0.25) is 0 Å². The molecular weight excluding hydrogens is 280 g/mol. The number of amides is 1. The first kappa shape index (κ1) is 14.6. The molecule has 0 unspecified atom stereocenters. The first-order chi connectivity index (χ1) is 10.6. The van der Waals surface area contributed by atoms with Gasteiger partial charge in [-0.3, -0.25) is 9.59 Å². The molecule has 1 amide bonds. The van der Waals surface area contributed by atoms with Crippen molar-refractivity contribution in [3.63, 3.8) is 0 Å². The van der Waals surface area contributed by atoms with Crippen LogP contribution in [-0.2, 0) is 13.6 Å². The molecule has 0 aromatic carbocycles. The molecule has 22 heavy (non-hydrogen) atoms. The summed E-state index contributed by atoms with van der Waals surface area (Å²) in [5.41, 5.74) is 0.240. The van der Waals surface area contributed by atoms with E-state index in [2.05, 4.69) is 10.3 Å². The number of hydrogen-bond donors (Lipinski definition) is 1. The Balaban J connectivity index is 1.81. The molecule has 2 aromatic rings. The van der Waals surface area contributed by atoms with Crippen molar-refractivity contribution < 1.29 is 4.79 Å². The van der Waals surface area contributed by atoms with Gasteiger partial charge < -0.3 is 14.5 Å². The van der Waals surface area contributed by atoms with E-state index in [9.17, 15) is 9.59 Å². The van der Waals surface area contributed by atoms with Gasteiger partial charge in [-0.2, -0.15) is 0 Å². The molecule has 2 heterocycles. The fourth-order valence-corrected chi connectivity index (χ4v) is 2.63. The maximum absolute atomic E-state index is 12.4. The molecule has 116 valence electrons. The van der Waals surface area contributed by atoms with Crippen LogP contribution in [0.5, 0.6) is 0 Å². The second-order valence-electron chi connectivity index (χ2n) is 5.72. The van der Waals surface area contributed by atoms with Gasteiger partial charge in [0, 0.05) is 43.8 Å². The largest absolute Gasteiger partial charge is 0.342 e. The lowest BCUT2D eigenvalue weighted by atomic mass is 10.1. The Morgan fingerprint density at radius 3 is 2.77 bits per heavy atom. The summed E-state index contributed by atoms with van der Waals surface area (Å²) in [4.78, 5) is 28.7. The zero-order valence-electron chi connectivity index (χ0n) is 12.8. The maximum Gasteiger partial charge on any atom is 0.252 e. The second-order valence-corrected chi connectivity index (χ2v) is 5.72. The molecule has 0 spiro atoms. The van der Waals surface area contributed by atoms with Gasteiger partial charge in [0.05, 0.1) is 6.04 Å². The first-order valence-corrected chi connectivity index (χ1v) is 7.58. The molecule has 1 N–H and O–H groups in total. The van der Waals surface area contributed by atoms with E-state index < -0.39 is 0 Å². The number of pyridine rings is 1. The summed E-state index contributed by atoms with van der Waals surface area (Å²) in [6.45, 7) is 2.49. The van der Waals surface area contributed by atoms with Crippen LogP contribution in [0.4, 0.5) is 0 Å². The Labute approximate surface area is 128 Å². The quantitative estimate of drug-likeness (QED) is 0.909. The highest BCUT2D eigenvalue weighted by Crippen LogP contribution is 2.40. The van der Waals surface area contributed by atoms with Gasteiger partial charge in [0.1, 0.15) is 5.82 Å². The molecule has 1 saturated carbocycles. The molecule has 1 aliphatic carbocycles. The topological polar surface area (TPSA) is 68.9 Å². The standard InChI is InChI=1S/C16H20N4O2/c1-3-20-8-6-12(10-13(20)21)16(22)18-14(11-4-5-11)15-17-7-9-19(15)2/h6-11,14H,3-5H2,1-2H3,(H,18,22)/t14-/m0/s1. The summed E-state index contributed by atoms with van der Waals surface area (Å²) >= 11 is 0. The van der Waals surface area contributed by atoms with E-state index >= 15 is 0 Å². The van der Waals surface area contributed by atoms with Crippen molar-refractivity contribution in [1.29, 1.82) is 0 Å². The van der Waals surface area contributed by atoms with Crippen LogP contribution < -0.4 is 10.9 Å². The molecule has 3 rings (SSSR count). The smallest absolute Gasteiger partial charge is 0.252 e. The molecule has 1 atom stereocenters. The second kappa shape index (κ2) is 5.79. The lowest BCUT2D eigenvalue weighted by Gasteiger charge is -2.18. The summed E-state index contributed by atoms with van der Waals surface area (Å²) in [5.74, 6) is 1.07. The molecule has 1 fully saturated rings. The van der Waals surface area contributed by atoms with Crippen LogP contribution in [0.1, 0.15) is 42.0 Å². The highest BCUT2D eigenvalue weighted by molar-refractivity contribution is 5.94. The lowest BCUT2D eigenvalue weighted by Crippen LogP contribution is -2.32. The minimum atomic E-state index is -0.222. The third-order valence-corrected chi connectivity index (χ3v) is 4.12. The third-order valence-electron chi connectivity index (χ3n) is 4.12. The number of hydrogen-bond acceptors (Lipinski definition) is 3. The fourth-order valence-electron chi connectivity index (χ4n) is 2.63. The van der Waals surface area contributed by atoms with Crippen molar-refractivity contribution in [2.45, 2.75) is 32.4 Å². The summed E-state index contributed by atoms with van der Waals surface area (Å²) in [6.07, 6.45) is 7.45. The van der Waals surface area contributed by atoms with Gasteiger partial charge in [-0.25, -0.2) is 4.98 Å². The van der Waals surface area contributed by atoms with Crippen molar-refractivity contribution >= 4 is 5.91 Å². The molecule has 2 aromatic heterocycles. The molecule has 6 nitrogen and oxygen atoms in total. The van der Waals surface area contributed by atoms with Crippen LogP contribution >= 0.6 is 0 Å². The number of rotatable bonds is 5. The lowest BCUT2D eigenvalue weighted by molar-refractivity contribution is 0.0928. The maximum atomic E-state index is 12.4. The zero-order chi connectivity index (χ0) is 15.7. The van der Waals surface area contributed by atoms with Crippen LogP contribution in [0.3, 0.4) is 0 Å². The highest BCUT2D eigenvalue weighted by Gasteiger charge is 2.35. The van der Waals surface area contributed by atoms with E-state index in [1.165, 1.54) is 6.07 Å². The average Bonchev–Trinajstić information content (AvgIpc) is 3.26. The third kappa shape index (κ3) is 2.81. The molecule has 0 aliphatic heterocycles. The van der Waals surface area contributed by atoms with Crippen molar-refractivity contribution in [3.8, 4) is 0 Å². The Morgan fingerprint density at radius 2 is 2.23 bits per heavy atom. The van der Waals surface area contributed by atoms with Gasteiger partial charge in [0.15, 0.2) is 0 Å². The van der Waals surface area contributed by atoms with E-state index in [4.69, 9.17) is 0 Å². The average molecular weight is 300 g/mol. The van der Waals surface area contributed by atoms with Crippen LogP contribution in [-0.4, -0.2) is 20.0 Å². The Bertz CT molecular complexity index is 743. The Hall–Kier alpha value is -2.37. The molecular formula is C16H20N4O2. The number of aryl methyl sites for hydroxylation is 2. The summed E-state index contributed by atoms with van der Waals surface area (Å²) < 4.78 is 3.49. The van der Waals surface area contributed by atoms with E-state index in [-0.39, 0.29) is 17.5 Å². The number of aromatic nitrogens is 3. The Morgan fingerprint density at radius 1 is 1.45 bits per heavy atom. The summed E-state index contributed by atoms with van der Waals surface area (Å²) in [7, 11) is 1.92. The van der Waals surface area contributed by atoms with E-state index in [0.717, 1.165) is 18.7 Å². The predicted molar refractivity (Wildman–Crippen MR) is 82.5 cm³/mol. The Kier molecular flexibility index (Phi) is 3.83. The van der Waals surface area contributed by atoms with Gasteiger partial charge in [-0.1, -0.05) is 0 Å². The van der Waals surface area contributed by atoms with Crippen molar-refractivity contribution in [2.24, 2.45) is 13.0 Å². The number of nitrogens with zero attached hydrogens (tertiary/aromatic N) is 3. The highest BCUT2D eigenvalue weighted by atomic mass is 16.2. The van der Waals surface area contributed by atoms with E-state index in [0.29, 0.717) is 18.0 Å². The predicted octanol–water partition coefficient (Wildman–Crippen LogP) is 1.48. The van der Waals surface area contributed by atoms with Crippen LogP contribution in [0.25, 0.3) is 0 Å². The van der Waals surface area contributed by atoms with Gasteiger partial charge in [-0.15, -0.1) is 0 Å². The molecule has 0 radical (unpaired) electrons. The van der Waals surface area contributed by atoms with Gasteiger partial charge >= 0.3 is 0 Å². The minimum Gasteiger partial charge on any atom is -0.342 e. The van der Waals surface area contributed by atoms with Gasteiger partial charge in [0.25, 0.3) is 11.5 Å². The van der Waals surface area contributed by atoms with Crippen molar-refractivity contribution in [1.82, 2.24) is 19.4 Å².